The summed E-state index contributed by atoms with van der Waals surface area (Å²) >= 11 is 0. The number of benzene rings is 1. The lowest BCUT2D eigenvalue weighted by molar-refractivity contribution is 0.563. The average Bonchev–Trinajstić information content (AvgIpc) is 2.68. The van der Waals surface area contributed by atoms with E-state index in [1.165, 1.54) is 11.3 Å². The molecule has 1 aromatic rings. The number of hydrazine groups is 1. The minimum atomic E-state index is 0.314. The molecule has 14 heavy (non-hydrogen) atoms. The van der Waals surface area contributed by atoms with Crippen molar-refractivity contribution < 1.29 is 0 Å². The summed E-state index contributed by atoms with van der Waals surface area (Å²) in [6.45, 7) is 4.38. The summed E-state index contributed by atoms with van der Waals surface area (Å²) in [6, 6.07) is 10.8. The van der Waals surface area contributed by atoms with E-state index in [9.17, 15) is 0 Å². The fraction of sp³-hybridized carbons (Fsp3) is 0.333. The molecule has 0 saturated heterocycles. The van der Waals surface area contributed by atoms with Gasteiger partial charge in [-0.2, -0.15) is 0 Å². The maximum atomic E-state index is 3.26. The minimum Gasteiger partial charge on any atom is -0.325 e. The summed E-state index contributed by atoms with van der Waals surface area (Å²) in [5.41, 5.74) is 9.06. The Balaban J connectivity index is 2.16. The summed E-state index contributed by atoms with van der Waals surface area (Å²) in [5, 5.41) is 0. The highest BCUT2D eigenvalue weighted by molar-refractivity contribution is 5.27. The van der Waals surface area contributed by atoms with Gasteiger partial charge in [-0.05, 0) is 17.6 Å². The van der Waals surface area contributed by atoms with Crippen LogP contribution in [0, 0.1) is 5.92 Å². The lowest BCUT2D eigenvalue weighted by atomic mass is 10.0. The third kappa shape index (κ3) is 1.80. The summed E-state index contributed by atoms with van der Waals surface area (Å²) < 4.78 is 0. The fourth-order valence-electron chi connectivity index (χ4n) is 1.60. The molecule has 1 heterocycles. The van der Waals surface area contributed by atoms with Crippen LogP contribution in [-0.2, 0) is 0 Å². The third-order valence-electron chi connectivity index (χ3n) is 2.50. The molecule has 0 saturated carbocycles. The normalized spacial score (nSPS) is 20.8. The van der Waals surface area contributed by atoms with Crippen LogP contribution in [0.25, 0.3) is 0 Å². The van der Waals surface area contributed by atoms with E-state index in [1.54, 1.807) is 0 Å². The number of rotatable bonds is 2. The second-order valence-electron chi connectivity index (χ2n) is 3.93. The Morgan fingerprint density at radius 1 is 1.14 bits per heavy atom. The molecule has 0 fully saturated rings. The second-order valence-corrected chi connectivity index (χ2v) is 3.93. The van der Waals surface area contributed by atoms with Gasteiger partial charge in [0.25, 0.3) is 0 Å². The zero-order valence-electron chi connectivity index (χ0n) is 8.62. The lowest BCUT2D eigenvalue weighted by Crippen LogP contribution is -2.28. The van der Waals surface area contributed by atoms with Gasteiger partial charge in [-0.3, -0.25) is 0 Å². The molecular formula is C12H16N2. The predicted octanol–water partition coefficient (Wildman–Crippen LogP) is 2.38. The quantitative estimate of drug-likeness (QED) is 0.744. The van der Waals surface area contributed by atoms with Crippen LogP contribution in [0.1, 0.15) is 25.5 Å². The van der Waals surface area contributed by atoms with Crippen molar-refractivity contribution in [3.05, 3.63) is 47.7 Å². The molecule has 1 aliphatic heterocycles. The van der Waals surface area contributed by atoms with Crippen LogP contribution in [0.3, 0.4) is 0 Å². The number of allylic oxidation sites excluding steroid dienone is 1. The van der Waals surface area contributed by atoms with Crippen LogP contribution in [0.4, 0.5) is 0 Å². The van der Waals surface area contributed by atoms with Crippen molar-refractivity contribution in [2.75, 3.05) is 0 Å². The van der Waals surface area contributed by atoms with E-state index in [4.69, 9.17) is 0 Å². The Kier molecular flexibility index (Phi) is 2.55. The van der Waals surface area contributed by atoms with E-state index in [1.807, 2.05) is 6.07 Å². The summed E-state index contributed by atoms with van der Waals surface area (Å²) in [6.07, 6.45) is 2.25. The first kappa shape index (κ1) is 9.28. The second kappa shape index (κ2) is 3.84. The van der Waals surface area contributed by atoms with Crippen molar-refractivity contribution in [3.8, 4) is 0 Å². The third-order valence-corrected chi connectivity index (χ3v) is 2.50. The van der Waals surface area contributed by atoms with Crippen molar-refractivity contribution >= 4 is 0 Å². The van der Waals surface area contributed by atoms with E-state index >= 15 is 0 Å². The van der Waals surface area contributed by atoms with Gasteiger partial charge in [0.1, 0.15) is 0 Å². The monoisotopic (exact) mass is 188 g/mol. The topological polar surface area (TPSA) is 24.1 Å². The smallest absolute Gasteiger partial charge is 0.0710 e. The zero-order chi connectivity index (χ0) is 9.97. The molecule has 2 nitrogen and oxygen atoms in total. The maximum absolute atomic E-state index is 3.26. The molecular weight excluding hydrogens is 172 g/mol. The van der Waals surface area contributed by atoms with Crippen LogP contribution in [0.5, 0.6) is 0 Å². The van der Waals surface area contributed by atoms with Crippen LogP contribution in [0.15, 0.2) is 42.1 Å². The highest BCUT2D eigenvalue weighted by Crippen LogP contribution is 2.21. The molecule has 2 rings (SSSR count). The van der Waals surface area contributed by atoms with Crippen LogP contribution >= 0.6 is 0 Å². The summed E-state index contributed by atoms with van der Waals surface area (Å²) in [5.74, 6) is 0.552. The first-order valence-electron chi connectivity index (χ1n) is 5.05. The van der Waals surface area contributed by atoms with Crippen LogP contribution in [0.2, 0.25) is 0 Å². The Bertz CT molecular complexity index is 327. The standard InChI is InChI=1S/C12H16N2/c1-9(2)11-8-12(14-13-11)10-6-4-3-5-7-10/h3-9,12-14H,1-2H3. The first-order valence-corrected chi connectivity index (χ1v) is 5.05. The van der Waals surface area contributed by atoms with Gasteiger partial charge in [-0.1, -0.05) is 44.2 Å². The van der Waals surface area contributed by atoms with Crippen molar-refractivity contribution in [2.24, 2.45) is 5.92 Å². The Morgan fingerprint density at radius 3 is 2.43 bits per heavy atom. The maximum Gasteiger partial charge on any atom is 0.0710 e. The van der Waals surface area contributed by atoms with E-state index in [0.29, 0.717) is 12.0 Å². The largest absolute Gasteiger partial charge is 0.325 e. The van der Waals surface area contributed by atoms with Gasteiger partial charge in [-0.25, -0.2) is 5.43 Å². The van der Waals surface area contributed by atoms with Crippen molar-refractivity contribution in [1.82, 2.24) is 10.9 Å². The van der Waals surface area contributed by atoms with Gasteiger partial charge in [0, 0.05) is 5.70 Å². The van der Waals surface area contributed by atoms with Crippen molar-refractivity contribution in [3.63, 3.8) is 0 Å². The summed E-state index contributed by atoms with van der Waals surface area (Å²) in [4.78, 5) is 0. The van der Waals surface area contributed by atoms with Gasteiger partial charge < -0.3 is 5.43 Å². The highest BCUT2D eigenvalue weighted by atomic mass is 15.4. The van der Waals surface area contributed by atoms with Crippen LogP contribution in [-0.4, -0.2) is 0 Å². The van der Waals surface area contributed by atoms with Gasteiger partial charge >= 0.3 is 0 Å². The molecule has 0 aromatic heterocycles. The molecule has 0 radical (unpaired) electrons. The van der Waals surface area contributed by atoms with Gasteiger partial charge in [0.2, 0.25) is 0 Å². The van der Waals surface area contributed by atoms with Crippen molar-refractivity contribution in [1.29, 1.82) is 0 Å². The van der Waals surface area contributed by atoms with Crippen LogP contribution < -0.4 is 10.9 Å². The van der Waals surface area contributed by atoms with E-state index in [-0.39, 0.29) is 0 Å². The minimum absolute atomic E-state index is 0.314. The Hall–Kier alpha value is -1.28. The van der Waals surface area contributed by atoms with Crippen molar-refractivity contribution in [2.45, 2.75) is 19.9 Å². The highest BCUT2D eigenvalue weighted by Gasteiger charge is 2.17. The first-order chi connectivity index (χ1) is 6.77. The molecule has 1 unspecified atom stereocenters. The molecule has 0 spiro atoms. The fourth-order valence-corrected chi connectivity index (χ4v) is 1.60. The molecule has 1 aromatic carbocycles. The molecule has 2 heteroatoms. The molecule has 1 atom stereocenters. The van der Waals surface area contributed by atoms with E-state index in [0.717, 1.165) is 0 Å². The zero-order valence-corrected chi connectivity index (χ0v) is 8.62. The van der Waals surface area contributed by atoms with Gasteiger partial charge in [0.15, 0.2) is 0 Å². The molecule has 0 bridgehead atoms. The summed E-state index contributed by atoms with van der Waals surface area (Å²) in [7, 11) is 0. The number of hydrogen-bond acceptors (Lipinski definition) is 2. The molecule has 2 N–H and O–H groups in total. The molecule has 74 valence electrons. The number of hydrogen-bond donors (Lipinski definition) is 2. The molecule has 0 aliphatic carbocycles. The Morgan fingerprint density at radius 2 is 1.86 bits per heavy atom. The number of nitrogens with one attached hydrogen (secondary N) is 2. The molecule has 0 amide bonds. The lowest BCUT2D eigenvalue weighted by Gasteiger charge is -2.09. The average molecular weight is 188 g/mol. The van der Waals surface area contributed by atoms with Gasteiger partial charge in [-0.15, -0.1) is 0 Å². The van der Waals surface area contributed by atoms with E-state index < -0.39 is 0 Å². The molecule has 1 aliphatic rings. The predicted molar refractivity (Wildman–Crippen MR) is 58.4 cm³/mol. The Labute approximate surface area is 85.0 Å². The van der Waals surface area contributed by atoms with Gasteiger partial charge in [0.05, 0.1) is 6.04 Å². The van der Waals surface area contributed by atoms with E-state index in [2.05, 4.69) is 55.0 Å². The SMILES string of the molecule is CC(C)C1=CC(c2ccccc2)NN1.